The van der Waals surface area contributed by atoms with Crippen LogP contribution in [-0.4, -0.2) is 126 Å². The molecule has 4 heterocycles. The molecule has 4 aliphatic rings. The highest BCUT2D eigenvalue weighted by Crippen LogP contribution is 2.44. The number of hydrogen-bond donors (Lipinski definition) is 2. The van der Waals surface area contributed by atoms with E-state index in [9.17, 15) is 14.4 Å². The van der Waals surface area contributed by atoms with Crippen LogP contribution in [0.15, 0.2) is 96.0 Å². The van der Waals surface area contributed by atoms with Crippen LogP contribution in [0.5, 0.6) is 23.0 Å². The van der Waals surface area contributed by atoms with Crippen LogP contribution in [0.25, 0.3) is 0 Å². The molecule has 77 heavy (non-hydrogen) atoms. The minimum Gasteiger partial charge on any atom is -0.493 e. The first kappa shape index (κ1) is 55.4. The number of methoxy groups -OCH3 is 3. The molecular formula is C58H66N6O10S3. The molecule has 5 aromatic carbocycles. The minimum atomic E-state index is -0.255. The van der Waals surface area contributed by atoms with E-state index >= 15 is 0 Å². The maximum atomic E-state index is 14.3. The first-order valence-corrected chi connectivity index (χ1v) is 28.6. The van der Waals surface area contributed by atoms with Gasteiger partial charge >= 0.3 is 0 Å². The Balaban J connectivity index is 0.996. The Kier molecular flexibility index (Phi) is 18.6. The fraction of sp³-hybridized carbons (Fsp3) is 0.397. The van der Waals surface area contributed by atoms with E-state index < -0.39 is 0 Å². The number of ether oxygens (including phenoxy) is 7. The number of aliphatic imine (C=N–C) groups is 1. The Labute approximate surface area is 463 Å². The molecule has 5 aromatic rings. The lowest BCUT2D eigenvalue weighted by Crippen LogP contribution is -2.39. The van der Waals surface area contributed by atoms with Crippen LogP contribution < -0.4 is 44.3 Å². The first-order valence-electron chi connectivity index (χ1n) is 25.8. The van der Waals surface area contributed by atoms with Crippen molar-refractivity contribution in [3.05, 3.63) is 124 Å². The van der Waals surface area contributed by atoms with Gasteiger partial charge in [0.2, 0.25) is 5.91 Å². The zero-order valence-corrected chi connectivity index (χ0v) is 46.6. The molecule has 0 saturated carbocycles. The van der Waals surface area contributed by atoms with Gasteiger partial charge in [-0.1, -0.05) is 70.2 Å². The van der Waals surface area contributed by atoms with Gasteiger partial charge in [0, 0.05) is 85.5 Å². The molecule has 0 aromatic heterocycles. The molecule has 0 radical (unpaired) electrons. The van der Waals surface area contributed by atoms with Gasteiger partial charge in [0.15, 0.2) is 23.0 Å². The number of nitrogens with one attached hydrogen (secondary N) is 2. The van der Waals surface area contributed by atoms with Crippen molar-refractivity contribution >= 4 is 91.7 Å². The van der Waals surface area contributed by atoms with Gasteiger partial charge in [0.05, 0.1) is 87.3 Å². The third kappa shape index (κ3) is 13.3. The number of benzene rings is 5. The lowest BCUT2D eigenvalue weighted by molar-refractivity contribution is -0.119. The summed E-state index contributed by atoms with van der Waals surface area (Å²) in [5, 5.41) is 6.13. The normalized spacial score (nSPS) is 16.0. The second-order valence-corrected chi connectivity index (χ2v) is 23.0. The summed E-state index contributed by atoms with van der Waals surface area (Å²) in [6.07, 6.45) is 4.42. The summed E-state index contributed by atoms with van der Waals surface area (Å²) in [4.78, 5) is 51.4. The summed E-state index contributed by atoms with van der Waals surface area (Å²) in [7, 11) is 8.30. The Hall–Kier alpha value is -6.35. The number of rotatable bonds is 27. The molecule has 0 spiro atoms. The van der Waals surface area contributed by atoms with Crippen LogP contribution >= 0.6 is 33.8 Å². The second kappa shape index (κ2) is 25.9. The minimum absolute atomic E-state index is 0.0262. The van der Waals surface area contributed by atoms with E-state index in [1.165, 1.54) is 5.49 Å². The second-order valence-electron chi connectivity index (χ2n) is 19.6. The van der Waals surface area contributed by atoms with Crippen molar-refractivity contribution in [2.75, 3.05) is 99.8 Å². The molecule has 4 aliphatic heterocycles. The highest BCUT2D eigenvalue weighted by Gasteiger charge is 2.39. The van der Waals surface area contributed by atoms with Crippen molar-refractivity contribution in [1.29, 1.82) is 0 Å². The number of carbonyl (C=O) groups excluding carboxylic acids is 3. The summed E-state index contributed by atoms with van der Waals surface area (Å²) in [5.41, 5.74) is 10.1. The quantitative estimate of drug-likeness (QED) is 0.0290. The van der Waals surface area contributed by atoms with Crippen LogP contribution in [0.3, 0.4) is 0 Å². The zero-order chi connectivity index (χ0) is 53.9. The smallest absolute Gasteiger partial charge is 0.261 e. The number of fused-ring (bicyclic) bond motifs is 8. The topological polar surface area (TPSA) is 162 Å². The Bertz CT molecular complexity index is 2980. The molecule has 0 saturated heterocycles. The van der Waals surface area contributed by atoms with Gasteiger partial charge in [-0.3, -0.25) is 24.3 Å². The molecule has 2 atom stereocenters. The molecular weight excluding hydrogens is 1040 g/mol. The number of amides is 3. The lowest BCUT2D eigenvalue weighted by atomic mass is 10.1. The first-order chi connectivity index (χ1) is 37.5. The molecule has 0 unspecified atom stereocenters. The van der Waals surface area contributed by atoms with E-state index in [1.807, 2.05) is 58.5 Å². The van der Waals surface area contributed by atoms with Gasteiger partial charge in [-0.2, -0.15) is 0 Å². The third-order valence-corrected chi connectivity index (χ3v) is 17.2. The Morgan fingerprint density at radius 1 is 0.792 bits per heavy atom. The van der Waals surface area contributed by atoms with Gasteiger partial charge in [-0.25, -0.2) is 0 Å². The fourth-order valence-electron chi connectivity index (χ4n) is 10.1. The average molecular weight is 1100 g/mol. The molecule has 19 heteroatoms. The number of nitrogens with zero attached hydrogens (tertiary/aromatic N) is 4. The van der Waals surface area contributed by atoms with Gasteiger partial charge in [-0.15, -0.1) is 0 Å². The van der Waals surface area contributed by atoms with Gasteiger partial charge in [0.25, 0.3) is 11.8 Å². The molecule has 16 nitrogen and oxygen atoms in total. The molecule has 9 rings (SSSR count). The van der Waals surface area contributed by atoms with E-state index in [1.54, 1.807) is 61.1 Å². The van der Waals surface area contributed by atoms with Crippen LogP contribution in [0.2, 0.25) is 0 Å². The van der Waals surface area contributed by atoms with Gasteiger partial charge < -0.3 is 53.6 Å². The number of thiocarbonyl (C=S) groups is 1. The van der Waals surface area contributed by atoms with E-state index in [0.717, 1.165) is 57.9 Å². The van der Waals surface area contributed by atoms with E-state index in [0.29, 0.717) is 111 Å². The summed E-state index contributed by atoms with van der Waals surface area (Å²) in [6.45, 7) is 8.79. The number of anilines is 4. The van der Waals surface area contributed by atoms with Crippen LogP contribution in [0.4, 0.5) is 28.4 Å². The summed E-state index contributed by atoms with van der Waals surface area (Å²) in [5.74, 6) is 2.24. The number of para-hydroxylation sites is 2. The standard InChI is InChI=1S/C58H66N6O10S3/c1-58(2,77-76-22-10-15-55(65)61-37-75)36-62(16-17-71-20-21-72-19-18-68-3)42-24-38(34-73-53-30-47-45(28-51(53)69-4)56(66)63-43(32-59-47)26-40-11-6-8-13-49(40)63)23-39(25-42)35-74-54-31-48-46(29-52(54)70-5)57(67)64-44(33-60-48)27-41-12-7-9-14-50(41)64/h6-9,11-14,23-25,28-32,37,43-44,60H,10,15-22,26-27,33-36H2,1-5H3,(H,61,65,75)/t43-,44-/m0/s1. The predicted molar refractivity (Wildman–Crippen MR) is 310 cm³/mol. The molecule has 406 valence electrons. The van der Waals surface area contributed by atoms with Crippen LogP contribution in [0, 0.1) is 0 Å². The maximum Gasteiger partial charge on any atom is 0.261 e. The number of hydrogen-bond acceptors (Lipinski definition) is 16. The predicted octanol–water partition coefficient (Wildman–Crippen LogP) is 9.65. The van der Waals surface area contributed by atoms with Crippen molar-refractivity contribution in [1.82, 2.24) is 5.32 Å². The third-order valence-electron chi connectivity index (χ3n) is 13.7. The molecule has 0 fully saturated rings. The van der Waals surface area contributed by atoms with Crippen molar-refractivity contribution in [3.63, 3.8) is 0 Å². The number of carbonyl (C=O) groups is 3. The summed E-state index contributed by atoms with van der Waals surface area (Å²) >= 11 is 4.79. The van der Waals surface area contributed by atoms with E-state index in [4.69, 9.17) is 50.4 Å². The van der Waals surface area contributed by atoms with E-state index in [-0.39, 0.29) is 47.8 Å². The van der Waals surface area contributed by atoms with Crippen molar-refractivity contribution < 1.29 is 47.5 Å². The molecule has 2 N–H and O–H groups in total. The lowest BCUT2D eigenvalue weighted by Gasteiger charge is -2.34. The highest BCUT2D eigenvalue weighted by atomic mass is 33.1. The zero-order valence-electron chi connectivity index (χ0n) is 44.2. The Morgan fingerprint density at radius 3 is 2.13 bits per heavy atom. The Morgan fingerprint density at radius 2 is 1.43 bits per heavy atom. The largest absolute Gasteiger partial charge is 0.493 e. The summed E-state index contributed by atoms with van der Waals surface area (Å²) < 4.78 is 41.9. The van der Waals surface area contributed by atoms with E-state index in [2.05, 4.69) is 59.7 Å². The summed E-state index contributed by atoms with van der Waals surface area (Å²) in [6, 6.07) is 29.2. The molecule has 0 bridgehead atoms. The molecule has 3 amide bonds. The highest BCUT2D eigenvalue weighted by molar-refractivity contribution is 8.77. The monoisotopic (exact) mass is 1100 g/mol. The van der Waals surface area contributed by atoms with Gasteiger partial charge in [-0.05, 0) is 91.4 Å². The van der Waals surface area contributed by atoms with Crippen molar-refractivity contribution in [2.45, 2.75) is 69.6 Å². The van der Waals surface area contributed by atoms with Crippen LogP contribution in [0.1, 0.15) is 69.7 Å². The van der Waals surface area contributed by atoms with Crippen molar-refractivity contribution in [3.8, 4) is 23.0 Å². The average Bonchev–Trinajstić information content (AvgIpc) is 4.00. The SMILES string of the molecule is COCCOCCOCCN(CC(C)(C)SSCCCC(=O)NC=S)c1cc(COc2cc3c(cc2OC)C(=O)N2c4ccccc4C[C@H]2C=N3)cc(COc2cc3c(cc2OC)C(=O)N2c4ccccc4C[C@H]2CN3)c1. The fourth-order valence-corrected chi connectivity index (χ4v) is 12.8. The maximum absolute atomic E-state index is 14.3. The van der Waals surface area contributed by atoms with Crippen molar-refractivity contribution in [2.24, 2.45) is 4.99 Å². The molecule has 0 aliphatic carbocycles. The van der Waals surface area contributed by atoms with Crippen LogP contribution in [-0.2, 0) is 45.1 Å². The van der Waals surface area contributed by atoms with Gasteiger partial charge in [0.1, 0.15) is 13.2 Å².